The minimum atomic E-state index is -2.81. The molecule has 2 aromatic heterocycles. The van der Waals surface area contributed by atoms with E-state index in [0.717, 1.165) is 29.8 Å². The molecule has 3 heterocycles. The fourth-order valence-corrected chi connectivity index (χ4v) is 4.71. The fourth-order valence-electron chi connectivity index (χ4n) is 4.49. The van der Waals surface area contributed by atoms with Crippen LogP contribution in [0.3, 0.4) is 0 Å². The van der Waals surface area contributed by atoms with Crippen molar-refractivity contribution in [2.75, 3.05) is 25.9 Å². The van der Waals surface area contributed by atoms with Crippen LogP contribution in [0.2, 0.25) is 5.02 Å². The van der Waals surface area contributed by atoms with Crippen LogP contribution in [0.5, 0.6) is 5.75 Å². The summed E-state index contributed by atoms with van der Waals surface area (Å²) >= 11 is 6.64. The van der Waals surface area contributed by atoms with Crippen LogP contribution >= 0.6 is 11.6 Å². The van der Waals surface area contributed by atoms with Gasteiger partial charge in [-0.3, -0.25) is 4.90 Å². The Morgan fingerprint density at radius 1 is 1.22 bits per heavy atom. The first-order valence-corrected chi connectivity index (χ1v) is 10.9. The molecule has 0 saturated carbocycles. The van der Waals surface area contributed by atoms with Crippen molar-refractivity contribution < 1.29 is 13.5 Å². The smallest absolute Gasteiger partial charge is 0.282 e. The zero-order valence-electron chi connectivity index (χ0n) is 18.7. The van der Waals surface area contributed by atoms with Crippen LogP contribution in [0, 0.1) is 6.92 Å². The number of nitrogens with zero attached hydrogens (tertiary/aromatic N) is 5. The van der Waals surface area contributed by atoms with E-state index < -0.39 is 18.2 Å². The van der Waals surface area contributed by atoms with Crippen molar-refractivity contribution in [1.29, 1.82) is 0 Å². The molecule has 1 aliphatic heterocycles. The molecule has 10 heteroatoms. The Kier molecular flexibility index (Phi) is 5.98. The lowest BCUT2D eigenvalue weighted by Crippen LogP contribution is -2.48. The molecule has 1 atom stereocenters. The molecule has 1 saturated heterocycles. The summed E-state index contributed by atoms with van der Waals surface area (Å²) in [5.41, 5.74) is 8.47. The molecule has 3 aromatic rings. The van der Waals surface area contributed by atoms with Crippen molar-refractivity contribution in [2.45, 2.75) is 52.1 Å². The number of nitrogen functional groups attached to an aromatic ring is 1. The Balaban J connectivity index is 1.85. The highest BCUT2D eigenvalue weighted by molar-refractivity contribution is 6.31. The summed E-state index contributed by atoms with van der Waals surface area (Å²) in [7, 11) is 1.62. The average Bonchev–Trinajstić information content (AvgIpc) is 3.10. The Labute approximate surface area is 190 Å². The largest absolute Gasteiger partial charge is 0.496 e. The van der Waals surface area contributed by atoms with Gasteiger partial charge in [0.1, 0.15) is 23.6 Å². The van der Waals surface area contributed by atoms with Crippen LogP contribution in [0.4, 0.5) is 14.6 Å². The standard InChI is InChI=1S/C22H27ClF2N6O/c1-10(2)30-7-13(8-30)16-11(3)15(23)6-14(19(16)32-5)12(4)31-22-17(18(29-31)20(24)25)21(26)27-9-28-22/h6,9-10,12-13,20H,7-8H2,1-5H3,(H2,26,27,28)/t12-/m0/s1. The second-order valence-corrected chi connectivity index (χ2v) is 8.94. The number of nitrogens with two attached hydrogens (primary N) is 1. The highest BCUT2D eigenvalue weighted by atomic mass is 35.5. The quantitative estimate of drug-likeness (QED) is 0.567. The predicted octanol–water partition coefficient (Wildman–Crippen LogP) is 4.73. The summed E-state index contributed by atoms with van der Waals surface area (Å²) in [4.78, 5) is 10.4. The van der Waals surface area contributed by atoms with Crippen molar-refractivity contribution in [2.24, 2.45) is 0 Å². The fraction of sp³-hybridized carbons (Fsp3) is 0.500. The summed E-state index contributed by atoms with van der Waals surface area (Å²) < 4.78 is 34.7. The van der Waals surface area contributed by atoms with E-state index in [1.807, 2.05) is 19.9 Å². The van der Waals surface area contributed by atoms with E-state index in [9.17, 15) is 8.78 Å². The van der Waals surface area contributed by atoms with Gasteiger partial charge in [-0.2, -0.15) is 5.10 Å². The summed E-state index contributed by atoms with van der Waals surface area (Å²) in [6, 6.07) is 1.80. The number of benzene rings is 1. The van der Waals surface area contributed by atoms with Crippen molar-refractivity contribution in [1.82, 2.24) is 24.6 Å². The Morgan fingerprint density at radius 2 is 1.91 bits per heavy atom. The first-order valence-electron chi connectivity index (χ1n) is 10.5. The monoisotopic (exact) mass is 464 g/mol. The van der Waals surface area contributed by atoms with Gasteiger partial charge < -0.3 is 10.5 Å². The lowest BCUT2D eigenvalue weighted by molar-refractivity contribution is 0.108. The zero-order chi connectivity index (χ0) is 23.3. The van der Waals surface area contributed by atoms with E-state index in [0.29, 0.717) is 16.8 Å². The highest BCUT2D eigenvalue weighted by Gasteiger charge is 2.35. The first-order chi connectivity index (χ1) is 15.1. The molecule has 0 unspecified atom stereocenters. The molecule has 0 bridgehead atoms. The number of rotatable bonds is 6. The van der Waals surface area contributed by atoms with Crippen LogP contribution < -0.4 is 10.5 Å². The van der Waals surface area contributed by atoms with Gasteiger partial charge in [-0.05, 0) is 39.3 Å². The van der Waals surface area contributed by atoms with Crippen LogP contribution in [0.15, 0.2) is 12.4 Å². The molecule has 2 N–H and O–H groups in total. The van der Waals surface area contributed by atoms with E-state index in [-0.39, 0.29) is 22.8 Å². The molecule has 1 aromatic carbocycles. The normalized spacial score (nSPS) is 16.2. The van der Waals surface area contributed by atoms with Gasteiger partial charge in [0.15, 0.2) is 5.65 Å². The molecule has 0 spiro atoms. The van der Waals surface area contributed by atoms with Gasteiger partial charge in [0.05, 0.1) is 18.5 Å². The van der Waals surface area contributed by atoms with Gasteiger partial charge in [0, 0.05) is 41.2 Å². The summed E-state index contributed by atoms with van der Waals surface area (Å²) in [6.07, 6.45) is -1.56. The number of ether oxygens (including phenoxy) is 1. The van der Waals surface area contributed by atoms with Gasteiger partial charge >= 0.3 is 0 Å². The second kappa shape index (κ2) is 8.44. The van der Waals surface area contributed by atoms with Gasteiger partial charge in [-0.15, -0.1) is 0 Å². The minimum Gasteiger partial charge on any atom is -0.496 e. The lowest BCUT2D eigenvalue weighted by Gasteiger charge is -2.43. The maximum Gasteiger partial charge on any atom is 0.282 e. The van der Waals surface area contributed by atoms with E-state index in [2.05, 4.69) is 33.8 Å². The van der Waals surface area contributed by atoms with Crippen LogP contribution in [-0.4, -0.2) is 50.9 Å². The molecule has 4 rings (SSSR count). The number of fused-ring (bicyclic) bond motifs is 1. The third-order valence-corrected chi connectivity index (χ3v) is 6.77. The van der Waals surface area contributed by atoms with Crippen molar-refractivity contribution in [3.8, 4) is 5.75 Å². The zero-order valence-corrected chi connectivity index (χ0v) is 19.5. The highest BCUT2D eigenvalue weighted by Crippen LogP contribution is 2.44. The number of aromatic nitrogens is 4. The second-order valence-electron chi connectivity index (χ2n) is 8.53. The molecule has 0 radical (unpaired) electrons. The molecule has 7 nitrogen and oxygen atoms in total. The Morgan fingerprint density at radius 3 is 2.50 bits per heavy atom. The van der Waals surface area contributed by atoms with Crippen LogP contribution in [0.1, 0.15) is 61.5 Å². The third-order valence-electron chi connectivity index (χ3n) is 6.37. The molecular formula is C22H27ClF2N6O. The molecule has 172 valence electrons. The van der Waals surface area contributed by atoms with E-state index in [1.54, 1.807) is 7.11 Å². The summed E-state index contributed by atoms with van der Waals surface area (Å²) in [6.45, 7) is 10.00. The third kappa shape index (κ3) is 3.57. The minimum absolute atomic E-state index is 0.0263. The SMILES string of the molecule is COc1c([C@H](C)n2nc(C(F)F)c3c(N)ncnc32)cc(Cl)c(C)c1C1CN(C(C)C)C1. The van der Waals surface area contributed by atoms with E-state index in [1.165, 1.54) is 11.0 Å². The number of halogens is 3. The molecule has 1 aliphatic rings. The van der Waals surface area contributed by atoms with E-state index in [4.69, 9.17) is 22.1 Å². The molecule has 0 amide bonds. The van der Waals surface area contributed by atoms with Gasteiger partial charge in [-0.1, -0.05) is 11.6 Å². The molecule has 1 fully saturated rings. The molecule has 0 aliphatic carbocycles. The summed E-state index contributed by atoms with van der Waals surface area (Å²) in [5, 5.41) is 4.84. The number of likely N-dealkylation sites (tertiary alicyclic amines) is 1. The van der Waals surface area contributed by atoms with Gasteiger partial charge in [0.2, 0.25) is 0 Å². The van der Waals surface area contributed by atoms with Crippen LogP contribution in [-0.2, 0) is 0 Å². The maximum atomic E-state index is 13.7. The number of methoxy groups -OCH3 is 1. The average molecular weight is 465 g/mol. The van der Waals surface area contributed by atoms with Gasteiger partial charge in [0.25, 0.3) is 6.43 Å². The van der Waals surface area contributed by atoms with Crippen LogP contribution in [0.25, 0.3) is 11.0 Å². The molecule has 32 heavy (non-hydrogen) atoms. The summed E-state index contributed by atoms with van der Waals surface area (Å²) in [5.74, 6) is 0.958. The van der Waals surface area contributed by atoms with Gasteiger partial charge in [-0.25, -0.2) is 23.4 Å². The number of hydrogen-bond acceptors (Lipinski definition) is 6. The topological polar surface area (TPSA) is 82.1 Å². The Hall–Kier alpha value is -2.52. The predicted molar refractivity (Wildman–Crippen MR) is 121 cm³/mol. The number of hydrogen-bond donors (Lipinski definition) is 1. The first kappa shape index (κ1) is 22.7. The van der Waals surface area contributed by atoms with Crippen molar-refractivity contribution >= 4 is 28.5 Å². The lowest BCUT2D eigenvalue weighted by atomic mass is 9.84. The maximum absolute atomic E-state index is 13.7. The number of anilines is 1. The molecular weight excluding hydrogens is 438 g/mol. The van der Waals surface area contributed by atoms with E-state index >= 15 is 0 Å². The Bertz CT molecular complexity index is 1160. The van der Waals surface area contributed by atoms with Crippen molar-refractivity contribution in [3.63, 3.8) is 0 Å². The van der Waals surface area contributed by atoms with Crippen molar-refractivity contribution in [3.05, 3.63) is 39.8 Å². The number of alkyl halides is 2.